The number of nitrogens with zero attached hydrogens (tertiary/aromatic N) is 4. The Balaban J connectivity index is 2.22. The van der Waals surface area contributed by atoms with E-state index in [1.807, 2.05) is 6.07 Å². The molecule has 3 aromatic rings. The van der Waals surface area contributed by atoms with Crippen LogP contribution in [0.1, 0.15) is 0 Å². The largest absolute Gasteiger partial charge is 0.399 e. The monoisotopic (exact) mass is 383 g/mol. The van der Waals surface area contributed by atoms with Gasteiger partial charge in [-0.1, -0.05) is 23.2 Å². The summed E-state index contributed by atoms with van der Waals surface area (Å²) in [5, 5.41) is 12.8. The number of halogens is 3. The van der Waals surface area contributed by atoms with Gasteiger partial charge in [0.05, 0.1) is 10.7 Å². The summed E-state index contributed by atoms with van der Waals surface area (Å²) in [5.74, 6) is 0.482. The van der Waals surface area contributed by atoms with Crippen molar-refractivity contribution in [2.45, 2.75) is 0 Å². The van der Waals surface area contributed by atoms with Gasteiger partial charge in [-0.15, -0.1) is 5.10 Å². The Bertz CT molecular complexity index is 752. The van der Waals surface area contributed by atoms with E-state index >= 15 is 0 Å². The smallest absolute Gasteiger partial charge is 0.188 e. The lowest BCUT2D eigenvalue weighted by atomic mass is 10.2. The highest BCUT2D eigenvalue weighted by Gasteiger charge is 2.16. The molecule has 0 radical (unpaired) electrons. The molecule has 0 saturated carbocycles. The maximum absolute atomic E-state index is 6.22. The molecule has 3 rings (SSSR count). The lowest BCUT2D eigenvalue weighted by Gasteiger charge is -2.09. The Hall–Kier alpha value is -1.63. The zero-order valence-corrected chi connectivity index (χ0v) is 13.6. The Morgan fingerprint density at radius 2 is 1.90 bits per heavy atom. The molecular weight excluding hydrogens is 377 g/mol. The molecule has 2 aromatic carbocycles. The first-order valence-electron chi connectivity index (χ1n) is 5.85. The molecule has 2 N–H and O–H groups in total. The fourth-order valence-electron chi connectivity index (χ4n) is 1.88. The van der Waals surface area contributed by atoms with Crippen LogP contribution >= 0.6 is 39.1 Å². The quantitative estimate of drug-likeness (QED) is 0.678. The second-order valence-corrected chi connectivity index (χ2v) is 5.95. The summed E-state index contributed by atoms with van der Waals surface area (Å²) >= 11 is 15.7. The number of nitrogen functional groups attached to an aromatic ring is 1. The number of hydrogen-bond donors (Lipinski definition) is 1. The van der Waals surface area contributed by atoms with Crippen LogP contribution in [0.2, 0.25) is 10.0 Å². The summed E-state index contributed by atoms with van der Waals surface area (Å²) in [6.45, 7) is 0. The van der Waals surface area contributed by atoms with Crippen LogP contribution in [-0.2, 0) is 0 Å². The predicted molar refractivity (Wildman–Crippen MR) is 86.7 cm³/mol. The van der Waals surface area contributed by atoms with Crippen molar-refractivity contribution in [1.82, 2.24) is 20.2 Å². The van der Waals surface area contributed by atoms with Gasteiger partial charge in [-0.05, 0) is 62.8 Å². The van der Waals surface area contributed by atoms with Gasteiger partial charge < -0.3 is 5.73 Å². The van der Waals surface area contributed by atoms with Crippen molar-refractivity contribution in [3.05, 3.63) is 50.9 Å². The maximum Gasteiger partial charge on any atom is 0.188 e. The number of benzene rings is 2. The molecule has 0 bridgehead atoms. The van der Waals surface area contributed by atoms with Crippen molar-refractivity contribution >= 4 is 44.8 Å². The summed E-state index contributed by atoms with van der Waals surface area (Å²) in [5.41, 5.74) is 7.74. The summed E-state index contributed by atoms with van der Waals surface area (Å²) in [6, 6.07) is 10.5. The van der Waals surface area contributed by atoms with E-state index in [4.69, 9.17) is 28.9 Å². The van der Waals surface area contributed by atoms with Crippen LogP contribution < -0.4 is 5.73 Å². The van der Waals surface area contributed by atoms with Crippen LogP contribution in [0.25, 0.3) is 17.1 Å². The van der Waals surface area contributed by atoms with Crippen LogP contribution in [0.15, 0.2) is 40.9 Å². The summed E-state index contributed by atoms with van der Waals surface area (Å²) in [7, 11) is 0. The highest BCUT2D eigenvalue weighted by atomic mass is 79.9. The molecule has 8 heteroatoms. The van der Waals surface area contributed by atoms with Crippen molar-refractivity contribution < 1.29 is 0 Å². The number of hydrogen-bond acceptors (Lipinski definition) is 4. The zero-order valence-electron chi connectivity index (χ0n) is 10.5. The SMILES string of the molecule is Nc1ccc(Cl)c(-c2nnnn2-c2cc(Cl)ccc2Br)c1. The van der Waals surface area contributed by atoms with Crippen LogP contribution in [-0.4, -0.2) is 20.2 Å². The van der Waals surface area contributed by atoms with Gasteiger partial charge in [0, 0.05) is 20.7 Å². The number of nitrogens with two attached hydrogens (primary N) is 1. The number of tetrazole rings is 1. The van der Waals surface area contributed by atoms with Gasteiger partial charge in [-0.2, -0.15) is 4.68 Å². The molecule has 1 aromatic heterocycles. The second kappa shape index (κ2) is 5.63. The molecule has 1 heterocycles. The number of aromatic nitrogens is 4. The molecule has 0 spiro atoms. The molecule has 0 fully saturated rings. The lowest BCUT2D eigenvalue weighted by Crippen LogP contribution is -2.01. The minimum absolute atomic E-state index is 0.482. The Labute approximate surface area is 138 Å². The minimum Gasteiger partial charge on any atom is -0.399 e. The van der Waals surface area contributed by atoms with E-state index in [0.29, 0.717) is 32.8 Å². The fourth-order valence-corrected chi connectivity index (χ4v) is 2.66. The third-order valence-electron chi connectivity index (χ3n) is 2.84. The third-order valence-corrected chi connectivity index (χ3v) is 4.07. The van der Waals surface area contributed by atoms with Gasteiger partial charge in [0.25, 0.3) is 0 Å². The lowest BCUT2D eigenvalue weighted by molar-refractivity contribution is 0.789. The first kappa shape index (κ1) is 14.3. The zero-order chi connectivity index (χ0) is 15.0. The van der Waals surface area contributed by atoms with E-state index in [1.54, 1.807) is 35.0 Å². The van der Waals surface area contributed by atoms with Gasteiger partial charge >= 0.3 is 0 Å². The first-order chi connectivity index (χ1) is 10.1. The van der Waals surface area contributed by atoms with Gasteiger partial charge in [0.2, 0.25) is 0 Å². The van der Waals surface area contributed by atoms with Gasteiger partial charge in [-0.3, -0.25) is 0 Å². The van der Waals surface area contributed by atoms with Crippen molar-refractivity contribution in [2.75, 3.05) is 5.73 Å². The van der Waals surface area contributed by atoms with E-state index < -0.39 is 0 Å². The molecule has 21 heavy (non-hydrogen) atoms. The normalized spacial score (nSPS) is 10.8. The molecule has 0 aliphatic rings. The van der Waals surface area contributed by atoms with Gasteiger partial charge in [-0.25, -0.2) is 0 Å². The van der Waals surface area contributed by atoms with Crippen molar-refractivity contribution in [3.63, 3.8) is 0 Å². The van der Waals surface area contributed by atoms with Crippen LogP contribution in [0, 0.1) is 0 Å². The van der Waals surface area contributed by atoms with E-state index in [0.717, 1.165) is 4.47 Å². The fraction of sp³-hybridized carbons (Fsp3) is 0. The molecule has 0 unspecified atom stereocenters. The highest BCUT2D eigenvalue weighted by molar-refractivity contribution is 9.10. The summed E-state index contributed by atoms with van der Waals surface area (Å²) < 4.78 is 2.36. The average molecular weight is 385 g/mol. The predicted octanol–water partition coefficient (Wildman–Crippen LogP) is 3.98. The van der Waals surface area contributed by atoms with Crippen LogP contribution in [0.4, 0.5) is 5.69 Å². The highest BCUT2D eigenvalue weighted by Crippen LogP contribution is 2.31. The van der Waals surface area contributed by atoms with Crippen molar-refractivity contribution in [1.29, 1.82) is 0 Å². The molecule has 0 amide bonds. The van der Waals surface area contributed by atoms with Gasteiger partial charge in [0.15, 0.2) is 5.82 Å². The van der Waals surface area contributed by atoms with Crippen LogP contribution in [0.5, 0.6) is 0 Å². The van der Waals surface area contributed by atoms with Crippen molar-refractivity contribution in [3.8, 4) is 17.1 Å². The molecule has 0 atom stereocenters. The first-order valence-corrected chi connectivity index (χ1v) is 7.40. The van der Waals surface area contributed by atoms with Crippen LogP contribution in [0.3, 0.4) is 0 Å². The second-order valence-electron chi connectivity index (χ2n) is 4.25. The van der Waals surface area contributed by atoms with E-state index in [1.165, 1.54) is 0 Å². The standard InChI is InChI=1S/C13H8BrCl2N5/c14-10-3-1-7(15)5-12(10)21-13(18-19-20-21)9-6-8(17)2-4-11(9)16/h1-6H,17H2. The molecule has 0 aliphatic carbocycles. The topological polar surface area (TPSA) is 69.6 Å². The molecule has 106 valence electrons. The third kappa shape index (κ3) is 2.74. The number of anilines is 1. The molecule has 0 aliphatic heterocycles. The number of rotatable bonds is 2. The summed E-state index contributed by atoms with van der Waals surface area (Å²) in [4.78, 5) is 0. The molecular formula is C13H8BrCl2N5. The summed E-state index contributed by atoms with van der Waals surface area (Å²) in [6.07, 6.45) is 0. The minimum atomic E-state index is 0.482. The Morgan fingerprint density at radius 1 is 1.10 bits per heavy atom. The van der Waals surface area contributed by atoms with Gasteiger partial charge in [0.1, 0.15) is 0 Å². The average Bonchev–Trinajstić information content (AvgIpc) is 2.93. The van der Waals surface area contributed by atoms with E-state index in [2.05, 4.69) is 31.5 Å². The van der Waals surface area contributed by atoms with E-state index in [-0.39, 0.29) is 0 Å². The maximum atomic E-state index is 6.22. The molecule has 0 saturated heterocycles. The Morgan fingerprint density at radius 3 is 2.71 bits per heavy atom. The van der Waals surface area contributed by atoms with Crippen molar-refractivity contribution in [2.24, 2.45) is 0 Å². The Kier molecular flexibility index (Phi) is 3.84. The molecule has 5 nitrogen and oxygen atoms in total. The van der Waals surface area contributed by atoms with E-state index in [9.17, 15) is 0 Å².